The molecule has 1 saturated carbocycles. The van der Waals surface area contributed by atoms with Gasteiger partial charge in [-0.15, -0.1) is 0 Å². The van der Waals surface area contributed by atoms with Crippen LogP contribution in [0.25, 0.3) is 0 Å². The molecular weight excluding hydrogens is 208 g/mol. The third-order valence-corrected chi connectivity index (χ3v) is 3.59. The summed E-state index contributed by atoms with van der Waals surface area (Å²) in [5.74, 6) is 0.934. The molecule has 2 nitrogen and oxygen atoms in total. The Morgan fingerprint density at radius 2 is 2.06 bits per heavy atom. The number of nitrogens with zero attached hydrogens (tertiary/aromatic N) is 1. The molecule has 0 radical (unpaired) electrons. The van der Waals surface area contributed by atoms with Gasteiger partial charge in [0.2, 0.25) is 0 Å². The zero-order valence-electron chi connectivity index (χ0n) is 11.2. The molecule has 2 rings (SSSR count). The molecule has 0 unspecified atom stereocenters. The van der Waals surface area contributed by atoms with Crippen molar-refractivity contribution in [2.75, 3.05) is 12.3 Å². The summed E-state index contributed by atoms with van der Waals surface area (Å²) < 4.78 is 0. The molecule has 2 N–H and O–H groups in total. The number of rotatable bonds is 5. The third-order valence-electron chi connectivity index (χ3n) is 3.59. The fraction of sp³-hybridized carbons (Fsp3) is 0.600. The van der Waals surface area contributed by atoms with Crippen molar-refractivity contribution in [3.05, 3.63) is 29.3 Å². The van der Waals surface area contributed by atoms with Crippen molar-refractivity contribution in [1.29, 1.82) is 0 Å². The smallest absolute Gasteiger partial charge is 0.0359 e. The van der Waals surface area contributed by atoms with Gasteiger partial charge in [0, 0.05) is 24.8 Å². The molecule has 0 heterocycles. The van der Waals surface area contributed by atoms with Crippen LogP contribution in [0.1, 0.15) is 37.8 Å². The van der Waals surface area contributed by atoms with E-state index in [1.165, 1.54) is 30.5 Å². The van der Waals surface area contributed by atoms with Crippen molar-refractivity contribution in [1.82, 2.24) is 4.90 Å². The summed E-state index contributed by atoms with van der Waals surface area (Å²) in [6, 6.07) is 6.92. The molecule has 94 valence electrons. The lowest BCUT2D eigenvalue weighted by molar-refractivity contribution is 0.204. The number of anilines is 1. The molecule has 0 aliphatic heterocycles. The molecule has 0 saturated heterocycles. The van der Waals surface area contributed by atoms with Crippen LogP contribution in [0, 0.1) is 12.8 Å². The predicted octanol–water partition coefficient (Wildman–Crippen LogP) is 3.20. The summed E-state index contributed by atoms with van der Waals surface area (Å²) >= 11 is 0. The van der Waals surface area contributed by atoms with Gasteiger partial charge in [0.05, 0.1) is 0 Å². The maximum Gasteiger partial charge on any atom is 0.0359 e. The van der Waals surface area contributed by atoms with Gasteiger partial charge in [-0.2, -0.15) is 0 Å². The van der Waals surface area contributed by atoms with Gasteiger partial charge in [0.25, 0.3) is 0 Å². The van der Waals surface area contributed by atoms with Crippen LogP contribution >= 0.6 is 0 Å². The largest absolute Gasteiger partial charge is 0.398 e. The van der Waals surface area contributed by atoms with Gasteiger partial charge in [-0.05, 0) is 51.2 Å². The second kappa shape index (κ2) is 5.09. The molecule has 17 heavy (non-hydrogen) atoms. The topological polar surface area (TPSA) is 29.3 Å². The van der Waals surface area contributed by atoms with Crippen LogP contribution in [-0.2, 0) is 6.54 Å². The summed E-state index contributed by atoms with van der Waals surface area (Å²) in [6.45, 7) is 8.89. The number of hydrogen-bond acceptors (Lipinski definition) is 2. The Morgan fingerprint density at radius 1 is 1.35 bits per heavy atom. The lowest BCUT2D eigenvalue weighted by Crippen LogP contribution is -2.32. The molecule has 1 fully saturated rings. The molecule has 0 spiro atoms. The Bertz CT molecular complexity index is 381. The van der Waals surface area contributed by atoms with Crippen LogP contribution in [0.5, 0.6) is 0 Å². The highest BCUT2D eigenvalue weighted by Crippen LogP contribution is 2.31. The molecule has 0 amide bonds. The normalized spacial score (nSPS) is 15.8. The van der Waals surface area contributed by atoms with E-state index in [1.54, 1.807) is 0 Å². The minimum Gasteiger partial charge on any atom is -0.398 e. The molecular formula is C15H24N2. The monoisotopic (exact) mass is 232 g/mol. The van der Waals surface area contributed by atoms with Crippen molar-refractivity contribution in [3.8, 4) is 0 Å². The number of benzene rings is 1. The fourth-order valence-corrected chi connectivity index (χ4v) is 2.18. The van der Waals surface area contributed by atoms with E-state index in [0.29, 0.717) is 6.04 Å². The van der Waals surface area contributed by atoms with Crippen LogP contribution in [0.2, 0.25) is 0 Å². The van der Waals surface area contributed by atoms with Gasteiger partial charge in [-0.25, -0.2) is 0 Å². The first-order chi connectivity index (χ1) is 8.06. The Hall–Kier alpha value is -1.02. The van der Waals surface area contributed by atoms with E-state index in [1.807, 2.05) is 6.07 Å². The van der Waals surface area contributed by atoms with Gasteiger partial charge in [0.15, 0.2) is 0 Å². The zero-order chi connectivity index (χ0) is 12.4. The van der Waals surface area contributed by atoms with Crippen LogP contribution < -0.4 is 5.73 Å². The van der Waals surface area contributed by atoms with Gasteiger partial charge < -0.3 is 5.73 Å². The van der Waals surface area contributed by atoms with Gasteiger partial charge in [-0.1, -0.05) is 17.7 Å². The SMILES string of the molecule is Cc1ccc(N)c(CN(CC2CC2)C(C)C)c1. The Morgan fingerprint density at radius 3 is 2.65 bits per heavy atom. The van der Waals surface area contributed by atoms with Crippen LogP contribution in [0.3, 0.4) is 0 Å². The van der Waals surface area contributed by atoms with E-state index in [4.69, 9.17) is 5.73 Å². The Kier molecular flexibility index (Phi) is 3.72. The molecule has 0 bridgehead atoms. The number of hydrogen-bond donors (Lipinski definition) is 1. The average molecular weight is 232 g/mol. The molecule has 2 heteroatoms. The number of nitrogen functional groups attached to an aromatic ring is 1. The average Bonchev–Trinajstić information content (AvgIpc) is 3.06. The Balaban J connectivity index is 2.07. The molecule has 0 atom stereocenters. The summed E-state index contributed by atoms with van der Waals surface area (Å²) in [4.78, 5) is 2.54. The summed E-state index contributed by atoms with van der Waals surface area (Å²) in [7, 11) is 0. The fourth-order valence-electron chi connectivity index (χ4n) is 2.18. The van der Waals surface area contributed by atoms with E-state index in [-0.39, 0.29) is 0 Å². The van der Waals surface area contributed by atoms with E-state index in [2.05, 4.69) is 37.8 Å². The molecule has 0 aromatic heterocycles. The van der Waals surface area contributed by atoms with Crippen molar-refractivity contribution in [2.45, 2.75) is 46.2 Å². The maximum absolute atomic E-state index is 6.06. The minimum atomic E-state index is 0.593. The van der Waals surface area contributed by atoms with Gasteiger partial charge in [0.1, 0.15) is 0 Å². The minimum absolute atomic E-state index is 0.593. The first-order valence-electron chi connectivity index (χ1n) is 6.65. The molecule has 1 aromatic carbocycles. The predicted molar refractivity (Wildman–Crippen MR) is 73.9 cm³/mol. The number of aryl methyl sites for hydroxylation is 1. The molecule has 1 aliphatic carbocycles. The maximum atomic E-state index is 6.06. The van der Waals surface area contributed by atoms with E-state index in [0.717, 1.165) is 18.2 Å². The zero-order valence-corrected chi connectivity index (χ0v) is 11.2. The van der Waals surface area contributed by atoms with Crippen molar-refractivity contribution in [3.63, 3.8) is 0 Å². The van der Waals surface area contributed by atoms with Crippen molar-refractivity contribution < 1.29 is 0 Å². The van der Waals surface area contributed by atoms with Crippen LogP contribution in [-0.4, -0.2) is 17.5 Å². The lowest BCUT2D eigenvalue weighted by atomic mass is 10.1. The highest BCUT2D eigenvalue weighted by atomic mass is 15.1. The second-order valence-corrected chi connectivity index (χ2v) is 5.67. The summed E-state index contributed by atoms with van der Waals surface area (Å²) in [6.07, 6.45) is 2.82. The molecule has 1 aromatic rings. The number of nitrogens with two attached hydrogens (primary N) is 1. The highest BCUT2D eigenvalue weighted by molar-refractivity contribution is 5.48. The highest BCUT2D eigenvalue weighted by Gasteiger charge is 2.25. The van der Waals surface area contributed by atoms with E-state index < -0.39 is 0 Å². The summed E-state index contributed by atoms with van der Waals surface area (Å²) in [5.41, 5.74) is 9.56. The van der Waals surface area contributed by atoms with Gasteiger partial charge >= 0.3 is 0 Å². The first-order valence-corrected chi connectivity index (χ1v) is 6.65. The lowest BCUT2D eigenvalue weighted by Gasteiger charge is -2.27. The van der Waals surface area contributed by atoms with E-state index in [9.17, 15) is 0 Å². The second-order valence-electron chi connectivity index (χ2n) is 5.67. The van der Waals surface area contributed by atoms with Crippen molar-refractivity contribution >= 4 is 5.69 Å². The quantitative estimate of drug-likeness (QED) is 0.790. The Labute approximate surface area is 105 Å². The van der Waals surface area contributed by atoms with Crippen LogP contribution in [0.4, 0.5) is 5.69 Å². The first kappa shape index (κ1) is 12.4. The van der Waals surface area contributed by atoms with Crippen molar-refractivity contribution in [2.24, 2.45) is 5.92 Å². The van der Waals surface area contributed by atoms with E-state index >= 15 is 0 Å². The van der Waals surface area contributed by atoms with Gasteiger partial charge in [-0.3, -0.25) is 4.90 Å². The summed E-state index contributed by atoms with van der Waals surface area (Å²) in [5, 5.41) is 0. The molecule has 1 aliphatic rings. The van der Waals surface area contributed by atoms with Crippen LogP contribution in [0.15, 0.2) is 18.2 Å². The third kappa shape index (κ3) is 3.47. The standard InChI is InChI=1S/C15H24N2/c1-11(2)17(9-13-5-6-13)10-14-8-12(3)4-7-15(14)16/h4,7-8,11,13H,5-6,9-10,16H2,1-3H3.